The van der Waals surface area contributed by atoms with Crippen molar-refractivity contribution in [1.82, 2.24) is 10.3 Å². The molecule has 0 amide bonds. The average molecular weight is 500 g/mol. The van der Waals surface area contributed by atoms with E-state index in [-0.39, 0.29) is 5.75 Å². The first kappa shape index (κ1) is 24.4. The van der Waals surface area contributed by atoms with E-state index >= 15 is 0 Å². The number of sulfone groups is 1. The van der Waals surface area contributed by atoms with E-state index in [2.05, 4.69) is 16.9 Å². The molecule has 1 aliphatic rings. The summed E-state index contributed by atoms with van der Waals surface area (Å²) in [4.78, 5) is 3.65. The minimum Gasteiger partial charge on any atom is -0.491 e. The lowest BCUT2D eigenvalue weighted by Gasteiger charge is -2.23. The maximum atomic E-state index is 12.5. The Bertz CT molecular complexity index is 1440. The van der Waals surface area contributed by atoms with Crippen LogP contribution in [0.25, 0.3) is 34.7 Å². The lowest BCUT2D eigenvalue weighted by atomic mass is 9.99. The molecule has 0 saturated carbocycles. The fourth-order valence-electron chi connectivity index (χ4n) is 4.34. The van der Waals surface area contributed by atoms with Crippen LogP contribution < -0.4 is 26.4 Å². The van der Waals surface area contributed by atoms with Crippen molar-refractivity contribution in [3.8, 4) is 16.9 Å². The molecule has 0 spiro atoms. The fourth-order valence-corrected chi connectivity index (χ4v) is 5.38. The van der Waals surface area contributed by atoms with E-state index in [0.29, 0.717) is 27.8 Å². The molecule has 1 aliphatic heterocycles. The van der Waals surface area contributed by atoms with Gasteiger partial charge in [0.05, 0.1) is 27.8 Å². The first-order chi connectivity index (χ1) is 16.3. The Balaban J connectivity index is 1.88. The number of allylic oxidation sites excluding steroid dienone is 1. The summed E-state index contributed by atoms with van der Waals surface area (Å²) in [6.45, 7) is 8.46. The van der Waals surface area contributed by atoms with E-state index in [4.69, 9.17) is 22.1 Å². The summed E-state index contributed by atoms with van der Waals surface area (Å²) in [5, 5.41) is 6.07. The van der Waals surface area contributed by atoms with Crippen LogP contribution in [0.1, 0.15) is 19.8 Å². The molecular formula is C26H30ClN3O3S. The van der Waals surface area contributed by atoms with Crippen LogP contribution in [0.3, 0.4) is 0 Å². The summed E-state index contributed by atoms with van der Waals surface area (Å²) in [5.74, 6) is 1.27. The minimum atomic E-state index is -3.34. The molecule has 34 heavy (non-hydrogen) atoms. The van der Waals surface area contributed by atoms with Crippen LogP contribution >= 0.6 is 11.6 Å². The molecule has 1 saturated heterocycles. The van der Waals surface area contributed by atoms with Gasteiger partial charge in [-0.05, 0) is 73.3 Å². The maximum absolute atomic E-state index is 12.5. The highest BCUT2D eigenvalue weighted by Gasteiger charge is 2.18. The van der Waals surface area contributed by atoms with Gasteiger partial charge >= 0.3 is 0 Å². The van der Waals surface area contributed by atoms with E-state index in [1.54, 1.807) is 31.2 Å². The Morgan fingerprint density at radius 3 is 2.74 bits per heavy atom. The monoisotopic (exact) mass is 499 g/mol. The Hall–Kier alpha value is -2.74. The zero-order valence-electron chi connectivity index (χ0n) is 19.2. The van der Waals surface area contributed by atoms with Gasteiger partial charge in [-0.15, -0.1) is 0 Å². The van der Waals surface area contributed by atoms with E-state index in [1.165, 1.54) is 6.20 Å². The zero-order chi connectivity index (χ0) is 24.3. The van der Waals surface area contributed by atoms with Crippen molar-refractivity contribution in [3.63, 3.8) is 0 Å². The fraction of sp³-hybridized carbons (Fsp3) is 0.308. The number of H-pyrrole nitrogens is 1. The first-order valence-electron chi connectivity index (χ1n) is 11.4. The largest absolute Gasteiger partial charge is 0.491 e. The van der Waals surface area contributed by atoms with Gasteiger partial charge in [-0.1, -0.05) is 37.2 Å². The van der Waals surface area contributed by atoms with Gasteiger partial charge in [0.2, 0.25) is 0 Å². The lowest BCUT2D eigenvalue weighted by Crippen LogP contribution is -2.30. The summed E-state index contributed by atoms with van der Waals surface area (Å²) in [6, 6.07) is 10.9. The van der Waals surface area contributed by atoms with E-state index in [9.17, 15) is 8.42 Å². The molecule has 180 valence electrons. The van der Waals surface area contributed by atoms with Gasteiger partial charge in [0.15, 0.2) is 9.84 Å². The van der Waals surface area contributed by atoms with Gasteiger partial charge < -0.3 is 20.8 Å². The smallest absolute Gasteiger partial charge is 0.178 e. The third-order valence-electron chi connectivity index (χ3n) is 6.30. The molecule has 2 aromatic carbocycles. The standard InChI is InChI=1S/C26H30ClN3O3S/c1-3-34(31,32)21-6-4-5-19(13-21)22-7-8-24(33-16-18-9-11-29-12-10-18)26-25(22)23(17(2)30-26)14-20(27)15-28/h4-8,13-15,18,29-30H,2-3,9-12,16,28H2,1H3/b20-15+,23-14+. The Kier molecular flexibility index (Phi) is 7.36. The van der Waals surface area contributed by atoms with Crippen molar-refractivity contribution in [3.05, 3.63) is 58.2 Å². The van der Waals surface area contributed by atoms with Crippen LogP contribution in [0.15, 0.2) is 52.5 Å². The van der Waals surface area contributed by atoms with Gasteiger partial charge in [-0.2, -0.15) is 0 Å². The number of hydrogen-bond donors (Lipinski definition) is 3. The zero-order valence-corrected chi connectivity index (χ0v) is 20.8. The quantitative estimate of drug-likeness (QED) is 0.463. The number of aromatic nitrogens is 1. The molecular weight excluding hydrogens is 470 g/mol. The van der Waals surface area contributed by atoms with Crippen LogP contribution in [0.2, 0.25) is 0 Å². The normalized spacial score (nSPS) is 16.3. The van der Waals surface area contributed by atoms with Gasteiger partial charge in [0.1, 0.15) is 5.75 Å². The molecule has 1 fully saturated rings. The molecule has 0 aliphatic carbocycles. The number of aromatic amines is 1. The summed E-state index contributed by atoms with van der Waals surface area (Å²) < 4.78 is 31.3. The number of nitrogens with two attached hydrogens (primary N) is 1. The second-order valence-corrected chi connectivity index (χ2v) is 11.2. The highest BCUT2D eigenvalue weighted by molar-refractivity contribution is 7.91. The van der Waals surface area contributed by atoms with Crippen LogP contribution in [-0.4, -0.2) is 38.9 Å². The van der Waals surface area contributed by atoms with Crippen LogP contribution in [0.5, 0.6) is 5.75 Å². The third-order valence-corrected chi connectivity index (χ3v) is 8.26. The predicted octanol–water partition coefficient (Wildman–Crippen LogP) is 3.24. The number of piperidine rings is 1. The summed E-state index contributed by atoms with van der Waals surface area (Å²) >= 11 is 6.26. The molecule has 8 heteroatoms. The Labute approximate surface area is 205 Å². The predicted molar refractivity (Wildman–Crippen MR) is 140 cm³/mol. The lowest BCUT2D eigenvalue weighted by molar-refractivity contribution is 0.217. The number of benzene rings is 2. The maximum Gasteiger partial charge on any atom is 0.178 e. The van der Waals surface area contributed by atoms with Crippen molar-refractivity contribution >= 4 is 45.0 Å². The van der Waals surface area contributed by atoms with Gasteiger partial charge in [0.25, 0.3) is 0 Å². The van der Waals surface area contributed by atoms with Gasteiger partial charge in [-0.3, -0.25) is 0 Å². The second kappa shape index (κ2) is 10.3. The van der Waals surface area contributed by atoms with Gasteiger partial charge in [0, 0.05) is 22.2 Å². The number of nitrogens with one attached hydrogen (secondary N) is 2. The topological polar surface area (TPSA) is 97.2 Å². The second-order valence-electron chi connectivity index (χ2n) is 8.51. The summed E-state index contributed by atoms with van der Waals surface area (Å²) in [7, 11) is -3.34. The van der Waals surface area contributed by atoms with Crippen molar-refractivity contribution in [2.75, 3.05) is 25.4 Å². The molecule has 4 N–H and O–H groups in total. The van der Waals surface area contributed by atoms with Crippen molar-refractivity contribution in [1.29, 1.82) is 0 Å². The number of halogens is 1. The number of fused-ring (bicyclic) bond motifs is 1. The molecule has 4 rings (SSSR count). The summed E-state index contributed by atoms with van der Waals surface area (Å²) in [6.07, 6.45) is 5.25. The van der Waals surface area contributed by atoms with Crippen molar-refractivity contribution in [2.45, 2.75) is 24.7 Å². The average Bonchev–Trinajstić information content (AvgIpc) is 3.19. The Morgan fingerprint density at radius 1 is 1.26 bits per heavy atom. The highest BCUT2D eigenvalue weighted by Crippen LogP contribution is 2.33. The SMILES string of the molecule is C=c1[nH]c2c(OCC3CCNCC3)ccc(-c3cccc(S(=O)(=O)CC)c3)c2/c1=C/C(Cl)=C\N. The number of rotatable bonds is 7. The molecule has 0 atom stereocenters. The number of hydrogen-bond acceptors (Lipinski definition) is 5. The summed E-state index contributed by atoms with van der Waals surface area (Å²) in [5.41, 5.74) is 8.06. The Morgan fingerprint density at radius 2 is 2.03 bits per heavy atom. The van der Waals surface area contributed by atoms with E-state index < -0.39 is 9.84 Å². The first-order valence-corrected chi connectivity index (χ1v) is 13.5. The minimum absolute atomic E-state index is 0.0401. The molecule has 6 nitrogen and oxygen atoms in total. The molecule has 2 heterocycles. The highest BCUT2D eigenvalue weighted by atomic mass is 35.5. The van der Waals surface area contributed by atoms with Crippen molar-refractivity contribution < 1.29 is 13.2 Å². The van der Waals surface area contributed by atoms with Crippen LogP contribution in [0, 0.1) is 5.92 Å². The van der Waals surface area contributed by atoms with Crippen LogP contribution in [-0.2, 0) is 9.84 Å². The number of ether oxygens (including phenoxy) is 1. The third kappa shape index (κ3) is 5.02. The molecule has 0 bridgehead atoms. The van der Waals surface area contributed by atoms with E-state index in [0.717, 1.165) is 58.9 Å². The van der Waals surface area contributed by atoms with E-state index in [1.807, 2.05) is 18.2 Å². The van der Waals surface area contributed by atoms with Crippen molar-refractivity contribution in [2.24, 2.45) is 11.7 Å². The van der Waals surface area contributed by atoms with Crippen LogP contribution in [0.4, 0.5) is 0 Å². The molecule has 0 unspecified atom stereocenters. The van der Waals surface area contributed by atoms with Gasteiger partial charge in [-0.25, -0.2) is 8.42 Å². The molecule has 0 radical (unpaired) electrons. The molecule has 1 aromatic heterocycles. The molecule has 3 aromatic rings.